The third-order valence-electron chi connectivity index (χ3n) is 2.45. The van der Waals surface area contributed by atoms with Crippen molar-refractivity contribution in [3.63, 3.8) is 0 Å². The van der Waals surface area contributed by atoms with Gasteiger partial charge in [0.15, 0.2) is 5.92 Å². The van der Waals surface area contributed by atoms with Crippen LogP contribution in [-0.2, 0) is 23.8 Å². The highest BCUT2D eigenvalue weighted by molar-refractivity contribution is 5.96. The summed E-state index contributed by atoms with van der Waals surface area (Å²) in [7, 11) is 1.26. The predicted molar refractivity (Wildman–Crippen MR) is 39.4 cm³/mol. The molecule has 2 saturated heterocycles. The lowest BCUT2D eigenvalue weighted by molar-refractivity contribution is -0.162. The number of fused-ring (bicyclic) bond motifs is 1. The molecule has 5 nitrogen and oxygen atoms in total. The van der Waals surface area contributed by atoms with E-state index in [0.29, 0.717) is 13.0 Å². The third-order valence-corrected chi connectivity index (χ3v) is 2.45. The minimum absolute atomic E-state index is 0.153. The molecular weight excluding hydrogens is 176 g/mol. The van der Waals surface area contributed by atoms with Crippen molar-refractivity contribution in [1.29, 1.82) is 0 Å². The van der Waals surface area contributed by atoms with E-state index in [-0.39, 0.29) is 5.92 Å². The van der Waals surface area contributed by atoms with E-state index in [9.17, 15) is 9.59 Å². The topological polar surface area (TPSA) is 61.8 Å². The lowest BCUT2D eigenvalue weighted by atomic mass is 9.93. The maximum atomic E-state index is 11.2. The molecule has 2 rings (SSSR count). The van der Waals surface area contributed by atoms with Crippen LogP contribution in [0.25, 0.3) is 0 Å². The summed E-state index contributed by atoms with van der Waals surface area (Å²) in [4.78, 5) is 22.4. The number of hydrogen-bond donors (Lipinski definition) is 0. The van der Waals surface area contributed by atoms with E-state index < -0.39 is 24.1 Å². The first-order valence-electron chi connectivity index (χ1n) is 4.14. The van der Waals surface area contributed by atoms with E-state index in [1.165, 1.54) is 7.11 Å². The van der Waals surface area contributed by atoms with Crippen LogP contribution in [-0.4, -0.2) is 31.9 Å². The average Bonchev–Trinajstić information content (AvgIpc) is 2.62. The van der Waals surface area contributed by atoms with E-state index in [1.807, 2.05) is 0 Å². The maximum Gasteiger partial charge on any atom is 0.323 e. The second kappa shape index (κ2) is 2.99. The second-order valence-corrected chi connectivity index (χ2v) is 3.13. The van der Waals surface area contributed by atoms with Crippen molar-refractivity contribution in [1.82, 2.24) is 0 Å². The zero-order chi connectivity index (χ0) is 9.42. The molecule has 3 atom stereocenters. The summed E-state index contributed by atoms with van der Waals surface area (Å²) in [6, 6.07) is 0. The molecule has 0 aromatic carbocycles. The minimum atomic E-state index is -0.780. The standard InChI is InChI=1S/C8H10O5/c1-11-6(9)5-4-2-3-12-8(4)13-7(5)10/h4-5,8H,2-3H2,1H3/t4-,5+,8+/m0/s1. The Morgan fingerprint density at radius 3 is 3.08 bits per heavy atom. The molecule has 13 heavy (non-hydrogen) atoms. The molecule has 72 valence electrons. The van der Waals surface area contributed by atoms with Crippen molar-refractivity contribution in [3.8, 4) is 0 Å². The minimum Gasteiger partial charge on any atom is -0.468 e. The zero-order valence-electron chi connectivity index (χ0n) is 7.19. The average molecular weight is 186 g/mol. The molecule has 2 fully saturated rings. The second-order valence-electron chi connectivity index (χ2n) is 3.13. The van der Waals surface area contributed by atoms with Crippen LogP contribution >= 0.6 is 0 Å². The first-order valence-corrected chi connectivity index (χ1v) is 4.14. The fraction of sp³-hybridized carbons (Fsp3) is 0.750. The third kappa shape index (κ3) is 1.19. The number of ether oxygens (including phenoxy) is 3. The lowest BCUT2D eigenvalue weighted by Gasteiger charge is -2.08. The highest BCUT2D eigenvalue weighted by Gasteiger charge is 2.52. The molecule has 0 aromatic rings. The van der Waals surface area contributed by atoms with Crippen LogP contribution in [0.15, 0.2) is 0 Å². The van der Waals surface area contributed by atoms with Gasteiger partial charge < -0.3 is 14.2 Å². The van der Waals surface area contributed by atoms with Crippen LogP contribution < -0.4 is 0 Å². The molecule has 5 heteroatoms. The molecule has 0 unspecified atom stereocenters. The Labute approximate surface area is 74.9 Å². The monoisotopic (exact) mass is 186 g/mol. The van der Waals surface area contributed by atoms with Gasteiger partial charge in [-0.15, -0.1) is 0 Å². The van der Waals surface area contributed by atoms with Gasteiger partial charge in [0.05, 0.1) is 13.7 Å². The highest BCUT2D eigenvalue weighted by atomic mass is 16.7. The Bertz CT molecular complexity index is 241. The molecule has 0 saturated carbocycles. The number of esters is 2. The van der Waals surface area contributed by atoms with Gasteiger partial charge in [0.2, 0.25) is 6.29 Å². The number of rotatable bonds is 1. The van der Waals surface area contributed by atoms with Crippen LogP contribution in [0.2, 0.25) is 0 Å². The largest absolute Gasteiger partial charge is 0.468 e. The van der Waals surface area contributed by atoms with Crippen LogP contribution in [0.5, 0.6) is 0 Å². The summed E-state index contributed by atoms with van der Waals surface area (Å²) in [6.07, 6.45) is 0.146. The van der Waals surface area contributed by atoms with E-state index in [0.717, 1.165) is 0 Å². The van der Waals surface area contributed by atoms with Crippen molar-refractivity contribution in [2.75, 3.05) is 13.7 Å². The summed E-state index contributed by atoms with van der Waals surface area (Å²) < 4.78 is 14.5. The van der Waals surface area contributed by atoms with Crippen LogP contribution in [0.4, 0.5) is 0 Å². The van der Waals surface area contributed by atoms with Crippen molar-refractivity contribution in [3.05, 3.63) is 0 Å². The molecule has 0 radical (unpaired) electrons. The normalized spacial score (nSPS) is 37.0. The molecule has 2 heterocycles. The van der Waals surface area contributed by atoms with Crippen molar-refractivity contribution < 1.29 is 23.8 Å². The van der Waals surface area contributed by atoms with Gasteiger partial charge in [0.1, 0.15) is 0 Å². The number of hydrogen-bond acceptors (Lipinski definition) is 5. The number of carbonyl (C=O) groups is 2. The molecule has 0 bridgehead atoms. The summed E-state index contributed by atoms with van der Waals surface area (Å²) in [5.41, 5.74) is 0. The van der Waals surface area contributed by atoms with Gasteiger partial charge >= 0.3 is 11.9 Å². The molecular formula is C8H10O5. The first-order chi connectivity index (χ1) is 6.24. The fourth-order valence-electron chi connectivity index (χ4n) is 1.79. The molecule has 0 N–H and O–H groups in total. The van der Waals surface area contributed by atoms with Crippen LogP contribution in [0.1, 0.15) is 6.42 Å². The Morgan fingerprint density at radius 1 is 1.62 bits per heavy atom. The molecule has 0 aromatic heterocycles. The lowest BCUT2D eigenvalue weighted by Crippen LogP contribution is -2.26. The summed E-state index contributed by atoms with van der Waals surface area (Å²) in [5.74, 6) is -1.98. The summed E-state index contributed by atoms with van der Waals surface area (Å²) in [6.45, 7) is 0.538. The van der Waals surface area contributed by atoms with Gasteiger partial charge in [-0.3, -0.25) is 9.59 Å². The number of carbonyl (C=O) groups excluding carboxylic acids is 2. The van der Waals surface area contributed by atoms with E-state index in [2.05, 4.69) is 4.74 Å². The van der Waals surface area contributed by atoms with Gasteiger partial charge in [-0.25, -0.2) is 0 Å². The highest BCUT2D eigenvalue weighted by Crippen LogP contribution is 2.36. The first kappa shape index (κ1) is 8.50. The van der Waals surface area contributed by atoms with Gasteiger partial charge in [-0.2, -0.15) is 0 Å². The van der Waals surface area contributed by atoms with Crippen LogP contribution in [0.3, 0.4) is 0 Å². The van der Waals surface area contributed by atoms with Crippen LogP contribution in [0, 0.1) is 11.8 Å². The van der Waals surface area contributed by atoms with Crippen molar-refractivity contribution in [2.24, 2.45) is 11.8 Å². The predicted octanol–water partition coefficient (Wildman–Crippen LogP) is -0.305. The van der Waals surface area contributed by atoms with Gasteiger partial charge in [0, 0.05) is 5.92 Å². The molecule has 0 aliphatic carbocycles. The Hall–Kier alpha value is -1.10. The maximum absolute atomic E-state index is 11.2. The summed E-state index contributed by atoms with van der Waals surface area (Å²) in [5, 5.41) is 0. The Morgan fingerprint density at radius 2 is 2.38 bits per heavy atom. The van der Waals surface area contributed by atoms with E-state index >= 15 is 0 Å². The fourth-order valence-corrected chi connectivity index (χ4v) is 1.79. The van der Waals surface area contributed by atoms with E-state index in [4.69, 9.17) is 9.47 Å². The van der Waals surface area contributed by atoms with Gasteiger partial charge in [-0.1, -0.05) is 0 Å². The Kier molecular flexibility index (Phi) is 1.95. The van der Waals surface area contributed by atoms with Gasteiger partial charge in [0.25, 0.3) is 0 Å². The van der Waals surface area contributed by atoms with E-state index in [1.54, 1.807) is 0 Å². The van der Waals surface area contributed by atoms with Gasteiger partial charge in [-0.05, 0) is 6.42 Å². The molecule has 0 amide bonds. The SMILES string of the molecule is COC(=O)[C@@H]1C(=O)O[C@H]2OCC[C@H]21. The van der Waals surface area contributed by atoms with Crippen molar-refractivity contribution >= 4 is 11.9 Å². The molecule has 2 aliphatic rings. The summed E-state index contributed by atoms with van der Waals surface area (Å²) >= 11 is 0. The molecule has 2 aliphatic heterocycles. The quantitative estimate of drug-likeness (QED) is 0.415. The number of methoxy groups -OCH3 is 1. The molecule has 0 spiro atoms. The van der Waals surface area contributed by atoms with Crippen molar-refractivity contribution in [2.45, 2.75) is 12.7 Å². The zero-order valence-corrected chi connectivity index (χ0v) is 7.19. The smallest absolute Gasteiger partial charge is 0.323 e. The Balaban J connectivity index is 2.16.